The first kappa shape index (κ1) is 18.6. The number of carbonyl (C=O) groups excluding carboxylic acids is 2. The van der Waals surface area contributed by atoms with E-state index < -0.39 is 0 Å². The van der Waals surface area contributed by atoms with Gasteiger partial charge in [0.05, 0.1) is 5.92 Å². The van der Waals surface area contributed by atoms with Crippen LogP contribution in [-0.2, 0) is 22.4 Å². The molecule has 5 heteroatoms. The minimum Gasteiger partial charge on any atom is -0.355 e. The van der Waals surface area contributed by atoms with E-state index >= 15 is 0 Å². The number of hydrogen-bond acceptors (Lipinski definition) is 3. The summed E-state index contributed by atoms with van der Waals surface area (Å²) in [7, 11) is 0. The van der Waals surface area contributed by atoms with Gasteiger partial charge in [-0.15, -0.1) is 11.3 Å². The van der Waals surface area contributed by atoms with Gasteiger partial charge in [0.15, 0.2) is 0 Å². The fraction of sp³-hybridized carbons (Fsp3) is 0.429. The smallest absolute Gasteiger partial charge is 0.224 e. The van der Waals surface area contributed by atoms with E-state index in [4.69, 9.17) is 0 Å². The molecule has 3 rings (SSSR count). The molecule has 26 heavy (non-hydrogen) atoms. The average Bonchev–Trinajstić information content (AvgIpc) is 3.07. The predicted molar refractivity (Wildman–Crippen MR) is 105 cm³/mol. The molecule has 1 fully saturated rings. The molecule has 1 N–H and O–H groups in total. The van der Waals surface area contributed by atoms with Gasteiger partial charge in [-0.25, -0.2) is 0 Å². The molecule has 1 aliphatic rings. The van der Waals surface area contributed by atoms with Gasteiger partial charge < -0.3 is 10.2 Å². The molecule has 0 radical (unpaired) electrons. The number of hydrogen-bond donors (Lipinski definition) is 1. The lowest BCUT2D eigenvalue weighted by atomic mass is 9.96. The van der Waals surface area contributed by atoms with Crippen LogP contribution in [0, 0.1) is 12.8 Å². The summed E-state index contributed by atoms with van der Waals surface area (Å²) in [5, 5.41) is 5.14. The number of nitrogens with zero attached hydrogens (tertiary/aromatic N) is 1. The van der Waals surface area contributed by atoms with Crippen LogP contribution >= 0.6 is 11.3 Å². The van der Waals surface area contributed by atoms with Crippen LogP contribution in [0.2, 0.25) is 0 Å². The number of piperidine rings is 1. The molecule has 2 heterocycles. The highest BCUT2D eigenvalue weighted by Crippen LogP contribution is 2.19. The molecule has 0 spiro atoms. The van der Waals surface area contributed by atoms with Crippen molar-refractivity contribution in [3.63, 3.8) is 0 Å². The van der Waals surface area contributed by atoms with Crippen LogP contribution in [0.15, 0.2) is 41.8 Å². The molecule has 1 aliphatic heterocycles. The van der Waals surface area contributed by atoms with Gasteiger partial charge in [-0.1, -0.05) is 30.3 Å². The van der Waals surface area contributed by atoms with Gasteiger partial charge in [0.2, 0.25) is 11.8 Å². The number of benzene rings is 1. The third-order valence-electron chi connectivity index (χ3n) is 5.00. The van der Waals surface area contributed by atoms with Gasteiger partial charge in [-0.05, 0) is 48.8 Å². The fourth-order valence-electron chi connectivity index (χ4n) is 3.36. The van der Waals surface area contributed by atoms with Crippen molar-refractivity contribution < 1.29 is 9.59 Å². The summed E-state index contributed by atoms with van der Waals surface area (Å²) in [6.45, 7) is 3.98. The second kappa shape index (κ2) is 8.99. The summed E-state index contributed by atoms with van der Waals surface area (Å²) >= 11 is 1.74. The summed E-state index contributed by atoms with van der Waals surface area (Å²) in [5.74, 6) is 0.156. The summed E-state index contributed by atoms with van der Waals surface area (Å²) in [4.78, 5) is 27.9. The Morgan fingerprint density at radius 1 is 1.23 bits per heavy atom. The first-order valence-corrected chi connectivity index (χ1v) is 10.1. The van der Waals surface area contributed by atoms with Crippen molar-refractivity contribution in [3.05, 3.63) is 57.8 Å². The third kappa shape index (κ3) is 4.94. The summed E-state index contributed by atoms with van der Waals surface area (Å²) < 4.78 is 0. The number of rotatable bonds is 7. The lowest BCUT2D eigenvalue weighted by molar-refractivity contribution is -0.138. The largest absolute Gasteiger partial charge is 0.355 e. The molecular formula is C21H26N2O2S. The molecule has 2 amide bonds. The molecule has 4 nitrogen and oxygen atoms in total. The van der Waals surface area contributed by atoms with Crippen LogP contribution in [0.4, 0.5) is 0 Å². The van der Waals surface area contributed by atoms with Crippen molar-refractivity contribution >= 4 is 23.2 Å². The Morgan fingerprint density at radius 3 is 2.77 bits per heavy atom. The molecule has 1 aromatic carbocycles. The van der Waals surface area contributed by atoms with Gasteiger partial charge >= 0.3 is 0 Å². The van der Waals surface area contributed by atoms with E-state index in [1.54, 1.807) is 11.3 Å². The van der Waals surface area contributed by atoms with E-state index in [1.165, 1.54) is 16.0 Å². The number of thiophene rings is 1. The second-order valence-electron chi connectivity index (χ2n) is 6.88. The van der Waals surface area contributed by atoms with Crippen molar-refractivity contribution in [2.75, 3.05) is 19.6 Å². The maximum atomic E-state index is 12.5. The molecule has 138 valence electrons. The molecule has 2 aromatic rings. The van der Waals surface area contributed by atoms with Crippen molar-refractivity contribution in [2.45, 2.75) is 32.6 Å². The van der Waals surface area contributed by atoms with Crippen LogP contribution < -0.4 is 5.32 Å². The predicted octanol–water partition coefficient (Wildman–Crippen LogP) is 3.20. The van der Waals surface area contributed by atoms with E-state index in [-0.39, 0.29) is 17.7 Å². The summed E-state index contributed by atoms with van der Waals surface area (Å²) in [5.41, 5.74) is 2.51. The number of nitrogens with one attached hydrogen (secondary N) is 1. The van der Waals surface area contributed by atoms with Crippen LogP contribution in [0.5, 0.6) is 0 Å². The average molecular weight is 371 g/mol. The zero-order valence-electron chi connectivity index (χ0n) is 15.2. The highest BCUT2D eigenvalue weighted by Gasteiger charge is 2.29. The Bertz CT molecular complexity index is 741. The van der Waals surface area contributed by atoms with Crippen LogP contribution in [-0.4, -0.2) is 36.3 Å². The number of aryl methyl sites for hydroxylation is 1. The van der Waals surface area contributed by atoms with Crippen molar-refractivity contribution in [1.82, 2.24) is 10.2 Å². The van der Waals surface area contributed by atoms with Gasteiger partial charge in [0.25, 0.3) is 0 Å². The van der Waals surface area contributed by atoms with E-state index in [1.807, 2.05) is 23.1 Å². The highest BCUT2D eigenvalue weighted by atomic mass is 32.1. The topological polar surface area (TPSA) is 49.4 Å². The molecule has 0 unspecified atom stereocenters. The summed E-state index contributed by atoms with van der Waals surface area (Å²) in [6.07, 6.45) is 2.83. The Kier molecular flexibility index (Phi) is 6.45. The number of carbonyl (C=O) groups is 2. The third-order valence-corrected chi connectivity index (χ3v) is 6.09. The molecule has 1 saturated heterocycles. The fourth-order valence-corrected chi connectivity index (χ4v) is 4.27. The lowest BCUT2D eigenvalue weighted by Gasteiger charge is -2.32. The summed E-state index contributed by atoms with van der Waals surface area (Å²) in [6, 6.07) is 12.3. The first-order valence-electron chi connectivity index (χ1n) is 9.26. The molecule has 1 atom stereocenters. The van der Waals surface area contributed by atoms with Gasteiger partial charge in [-0.3, -0.25) is 9.59 Å². The van der Waals surface area contributed by atoms with Gasteiger partial charge in [-0.2, -0.15) is 0 Å². The Morgan fingerprint density at radius 2 is 2.04 bits per heavy atom. The van der Waals surface area contributed by atoms with E-state index in [0.717, 1.165) is 12.8 Å². The minimum absolute atomic E-state index is 0.0800. The van der Waals surface area contributed by atoms with E-state index in [0.29, 0.717) is 32.5 Å². The van der Waals surface area contributed by atoms with Crippen molar-refractivity contribution in [1.29, 1.82) is 0 Å². The molecule has 1 aromatic heterocycles. The zero-order chi connectivity index (χ0) is 18.4. The Hall–Kier alpha value is -2.14. The SMILES string of the molecule is Cc1ccsc1CCNC(=O)[C@H]1CCC(=O)N(CCc2ccccc2)C1. The van der Waals surface area contributed by atoms with Crippen LogP contribution in [0.1, 0.15) is 28.8 Å². The van der Waals surface area contributed by atoms with Crippen LogP contribution in [0.25, 0.3) is 0 Å². The first-order chi connectivity index (χ1) is 12.6. The maximum Gasteiger partial charge on any atom is 0.224 e. The molecule has 0 aliphatic carbocycles. The number of likely N-dealkylation sites (tertiary alicyclic amines) is 1. The Labute approximate surface area is 159 Å². The maximum absolute atomic E-state index is 12.5. The van der Waals surface area contributed by atoms with Gasteiger partial charge in [0.1, 0.15) is 0 Å². The van der Waals surface area contributed by atoms with Crippen molar-refractivity contribution in [3.8, 4) is 0 Å². The molecule has 0 saturated carbocycles. The second-order valence-corrected chi connectivity index (χ2v) is 7.88. The quantitative estimate of drug-likeness (QED) is 0.814. The Balaban J connectivity index is 1.46. The molecular weight excluding hydrogens is 344 g/mol. The molecule has 0 bridgehead atoms. The monoisotopic (exact) mass is 370 g/mol. The zero-order valence-corrected chi connectivity index (χ0v) is 16.1. The van der Waals surface area contributed by atoms with Crippen molar-refractivity contribution in [2.24, 2.45) is 5.92 Å². The van der Waals surface area contributed by atoms with E-state index in [9.17, 15) is 9.59 Å². The minimum atomic E-state index is -0.0899. The normalized spacial score (nSPS) is 17.3. The van der Waals surface area contributed by atoms with E-state index in [2.05, 4.69) is 35.8 Å². The lowest BCUT2D eigenvalue weighted by Crippen LogP contribution is -2.46. The highest BCUT2D eigenvalue weighted by molar-refractivity contribution is 7.10. The van der Waals surface area contributed by atoms with Gasteiger partial charge in [0, 0.05) is 30.9 Å². The standard InChI is InChI=1S/C21H26N2O2S/c1-16-11-14-26-19(16)9-12-22-21(25)18-7-8-20(24)23(15-18)13-10-17-5-3-2-4-6-17/h2-6,11,14,18H,7-10,12-13,15H2,1H3,(H,22,25)/t18-/m0/s1. The van der Waals surface area contributed by atoms with Crippen LogP contribution in [0.3, 0.4) is 0 Å². The number of amides is 2.